The lowest BCUT2D eigenvalue weighted by Gasteiger charge is -2.09. The van der Waals surface area contributed by atoms with E-state index in [1.165, 1.54) is 6.26 Å². The zero-order valence-corrected chi connectivity index (χ0v) is 12.1. The number of aliphatic hydroxyl groups is 2. The predicted octanol–water partition coefficient (Wildman–Crippen LogP) is -0.940. The van der Waals surface area contributed by atoms with Gasteiger partial charge in [-0.1, -0.05) is 19.2 Å². The molecule has 2 atom stereocenters. The van der Waals surface area contributed by atoms with Gasteiger partial charge in [0.15, 0.2) is 12.2 Å². The summed E-state index contributed by atoms with van der Waals surface area (Å²) in [6.07, 6.45) is -3.01. The van der Waals surface area contributed by atoms with Crippen molar-refractivity contribution in [3.8, 4) is 0 Å². The number of ether oxygens (including phenoxy) is 2. The first kappa shape index (κ1) is 22.6. The van der Waals surface area contributed by atoms with Gasteiger partial charge in [-0.05, 0) is 0 Å². The zero-order valence-electron chi connectivity index (χ0n) is 12.1. The van der Waals surface area contributed by atoms with Crippen LogP contribution in [0.4, 0.5) is 0 Å². The van der Waals surface area contributed by atoms with Crippen LogP contribution in [-0.4, -0.2) is 63.1 Å². The molecule has 4 N–H and O–H groups in total. The number of carboxylic acids is 2. The molecule has 0 fully saturated rings. The molecule has 0 bridgehead atoms. The van der Waals surface area contributed by atoms with Crippen LogP contribution in [-0.2, 0) is 28.7 Å². The largest absolute Gasteiger partial charge is 0.498 e. The molecule has 0 spiro atoms. The normalized spacial score (nSPS) is 11.7. The molecule has 130 valence electrons. The Morgan fingerprint density at radius 3 is 1.52 bits per heavy atom. The highest BCUT2D eigenvalue weighted by molar-refractivity contribution is 5.92. The number of rotatable bonds is 9. The van der Waals surface area contributed by atoms with Crippen molar-refractivity contribution in [3.63, 3.8) is 0 Å². The summed E-state index contributed by atoms with van der Waals surface area (Å²) >= 11 is 0. The molecule has 0 aromatic carbocycles. The summed E-state index contributed by atoms with van der Waals surface area (Å²) in [6.45, 7) is 7.31. The number of hydrogen-bond acceptors (Lipinski definition) is 8. The molecule has 0 saturated carbocycles. The van der Waals surface area contributed by atoms with E-state index in [9.17, 15) is 19.2 Å². The minimum atomic E-state index is -2.06. The lowest BCUT2D eigenvalue weighted by Crippen LogP contribution is -2.33. The highest BCUT2D eigenvalue weighted by atomic mass is 16.6. The van der Waals surface area contributed by atoms with Gasteiger partial charge in [-0.25, -0.2) is 9.59 Å². The monoisotopic (exact) mass is 334 g/mol. The van der Waals surface area contributed by atoms with Crippen LogP contribution >= 0.6 is 0 Å². The highest BCUT2D eigenvalue weighted by Gasteiger charge is 2.27. The molecule has 0 aromatic heterocycles. The fourth-order valence-electron chi connectivity index (χ4n) is 0.869. The Bertz CT molecular complexity index is 402. The van der Waals surface area contributed by atoms with Crippen LogP contribution in [0.15, 0.2) is 25.5 Å². The number of carbonyl (C=O) groups excluding carboxylic acids is 2. The quantitative estimate of drug-likeness (QED) is 0.136. The molecule has 0 saturated heterocycles. The third kappa shape index (κ3) is 14.0. The number of aliphatic hydroxyl groups excluding tert-OH is 2. The summed E-state index contributed by atoms with van der Waals surface area (Å²) in [5.41, 5.74) is 0. The first-order valence-corrected chi connectivity index (χ1v) is 6.04. The standard InChI is InChI=1S/C8H10O9.C5H8O/c9-3(1-5(11)12)7(15)17-8(16)4(10)2-6(13)14;1-3-5-6-4-2/h3-4,9-10H,1-2H2,(H,11,12)(H,13,14);3-4H,1-2,5H2. The molecule has 10 heteroatoms. The molecule has 10 nitrogen and oxygen atoms in total. The molecule has 0 amide bonds. The minimum Gasteiger partial charge on any atom is -0.498 e. The van der Waals surface area contributed by atoms with Gasteiger partial charge in [0, 0.05) is 0 Å². The van der Waals surface area contributed by atoms with E-state index in [1.54, 1.807) is 6.08 Å². The van der Waals surface area contributed by atoms with E-state index < -0.39 is 48.9 Å². The lowest BCUT2D eigenvalue weighted by molar-refractivity contribution is -0.174. The van der Waals surface area contributed by atoms with Crippen LogP contribution in [0.25, 0.3) is 0 Å². The van der Waals surface area contributed by atoms with Crippen molar-refractivity contribution in [1.29, 1.82) is 0 Å². The van der Waals surface area contributed by atoms with Crippen molar-refractivity contribution in [3.05, 3.63) is 25.5 Å². The summed E-state index contributed by atoms with van der Waals surface area (Å²) in [5.74, 6) is -6.12. The van der Waals surface area contributed by atoms with Gasteiger partial charge in [-0.2, -0.15) is 0 Å². The zero-order chi connectivity index (χ0) is 18.4. The fourth-order valence-corrected chi connectivity index (χ4v) is 0.869. The van der Waals surface area contributed by atoms with Crippen LogP contribution in [0.5, 0.6) is 0 Å². The van der Waals surface area contributed by atoms with Crippen molar-refractivity contribution in [2.75, 3.05) is 6.61 Å². The maximum Gasteiger partial charge on any atom is 0.343 e. The van der Waals surface area contributed by atoms with Gasteiger partial charge in [0.2, 0.25) is 0 Å². The van der Waals surface area contributed by atoms with Crippen LogP contribution in [0.3, 0.4) is 0 Å². The van der Waals surface area contributed by atoms with E-state index in [-0.39, 0.29) is 0 Å². The van der Waals surface area contributed by atoms with Crippen LogP contribution < -0.4 is 0 Å². The second-order valence-corrected chi connectivity index (χ2v) is 3.76. The molecular weight excluding hydrogens is 316 g/mol. The molecule has 0 heterocycles. The second kappa shape index (κ2) is 13.0. The molecule has 0 aliphatic carbocycles. The predicted molar refractivity (Wildman–Crippen MR) is 74.0 cm³/mol. The van der Waals surface area contributed by atoms with Gasteiger partial charge in [-0.15, -0.1) is 0 Å². The summed E-state index contributed by atoms with van der Waals surface area (Å²) in [4.78, 5) is 41.9. The second-order valence-electron chi connectivity index (χ2n) is 3.76. The van der Waals surface area contributed by atoms with Crippen LogP contribution in [0.2, 0.25) is 0 Å². The van der Waals surface area contributed by atoms with Gasteiger partial charge in [0.25, 0.3) is 0 Å². The first-order valence-electron chi connectivity index (χ1n) is 6.04. The van der Waals surface area contributed by atoms with E-state index >= 15 is 0 Å². The third-order valence-electron chi connectivity index (χ3n) is 1.81. The minimum absolute atomic E-state index is 0.559. The van der Waals surface area contributed by atoms with Crippen molar-refractivity contribution in [2.45, 2.75) is 25.0 Å². The maximum atomic E-state index is 10.9. The van der Waals surface area contributed by atoms with Crippen molar-refractivity contribution >= 4 is 23.9 Å². The smallest absolute Gasteiger partial charge is 0.343 e. The highest BCUT2D eigenvalue weighted by Crippen LogP contribution is 2.00. The summed E-state index contributed by atoms with van der Waals surface area (Å²) in [6, 6.07) is 0. The number of esters is 2. The number of hydrogen-bond donors (Lipinski definition) is 4. The molecular formula is C13H18O10. The van der Waals surface area contributed by atoms with Crippen LogP contribution in [0, 0.1) is 0 Å². The summed E-state index contributed by atoms with van der Waals surface area (Å²) < 4.78 is 8.50. The summed E-state index contributed by atoms with van der Waals surface area (Å²) in [5, 5.41) is 34.2. The number of carboxylic acid groups (broad SMARTS) is 2. The number of aliphatic carboxylic acids is 2. The Labute approximate surface area is 131 Å². The number of carbonyl (C=O) groups is 4. The third-order valence-corrected chi connectivity index (χ3v) is 1.81. The molecule has 0 rings (SSSR count). The lowest BCUT2D eigenvalue weighted by atomic mass is 10.2. The van der Waals surface area contributed by atoms with Gasteiger partial charge in [0.1, 0.15) is 6.61 Å². The molecule has 0 aliphatic rings. The Balaban J connectivity index is 0. The topological polar surface area (TPSA) is 168 Å². The van der Waals surface area contributed by atoms with E-state index in [0.29, 0.717) is 6.61 Å². The van der Waals surface area contributed by atoms with E-state index in [4.69, 9.17) is 20.4 Å². The fraction of sp³-hybridized carbons (Fsp3) is 0.385. The Morgan fingerprint density at radius 1 is 0.913 bits per heavy atom. The molecule has 0 radical (unpaired) electrons. The van der Waals surface area contributed by atoms with Crippen molar-refractivity contribution in [2.24, 2.45) is 0 Å². The average molecular weight is 334 g/mol. The molecule has 0 aromatic rings. The Hall–Kier alpha value is -2.72. The van der Waals surface area contributed by atoms with Gasteiger partial charge in [-0.3, -0.25) is 9.59 Å². The summed E-state index contributed by atoms with van der Waals surface area (Å²) in [7, 11) is 0. The first-order chi connectivity index (χ1) is 10.6. The van der Waals surface area contributed by atoms with Gasteiger partial charge in [0.05, 0.1) is 19.1 Å². The molecule has 23 heavy (non-hydrogen) atoms. The van der Waals surface area contributed by atoms with Gasteiger partial charge >= 0.3 is 23.9 Å². The molecule has 0 aliphatic heterocycles. The maximum absolute atomic E-state index is 10.9. The van der Waals surface area contributed by atoms with Crippen molar-refractivity contribution in [1.82, 2.24) is 0 Å². The van der Waals surface area contributed by atoms with Crippen LogP contribution in [0.1, 0.15) is 12.8 Å². The Morgan fingerprint density at radius 2 is 1.30 bits per heavy atom. The molecule has 2 unspecified atom stereocenters. The van der Waals surface area contributed by atoms with E-state index in [1.807, 2.05) is 0 Å². The van der Waals surface area contributed by atoms with E-state index in [0.717, 1.165) is 0 Å². The van der Waals surface area contributed by atoms with Gasteiger partial charge < -0.3 is 29.9 Å². The Kier molecular flexibility index (Phi) is 12.7. The van der Waals surface area contributed by atoms with E-state index in [2.05, 4.69) is 22.6 Å². The average Bonchev–Trinajstić information content (AvgIpc) is 2.44. The van der Waals surface area contributed by atoms with Crippen molar-refractivity contribution < 1.29 is 49.1 Å². The SMILES string of the molecule is C=CCOC=C.O=C(O)CC(O)C(=O)OC(=O)C(O)CC(=O)O.